The van der Waals surface area contributed by atoms with Gasteiger partial charge in [0.05, 0.1) is 0 Å². The molecular weight excluding hydrogens is 381 g/mol. The molecule has 1 rings (SSSR count). The van der Waals surface area contributed by atoms with E-state index in [1.54, 1.807) is 0 Å². The number of guanidine groups is 1. The lowest BCUT2D eigenvalue weighted by Gasteiger charge is -2.13. The summed E-state index contributed by atoms with van der Waals surface area (Å²) in [6.45, 7) is 2.09. The first-order chi connectivity index (χ1) is 9.36. The summed E-state index contributed by atoms with van der Waals surface area (Å²) >= 11 is 1.92. The van der Waals surface area contributed by atoms with Gasteiger partial charge in [-0.05, 0) is 43.6 Å². The highest BCUT2D eigenvalue weighted by molar-refractivity contribution is 14.0. The molecule has 1 fully saturated rings. The number of aliphatic imine (C=N–C) groups is 1. The van der Waals surface area contributed by atoms with Gasteiger partial charge in [0.15, 0.2) is 5.96 Å². The van der Waals surface area contributed by atoms with Crippen molar-refractivity contribution in [3.8, 4) is 0 Å². The minimum absolute atomic E-state index is 0. The first-order valence-electron chi connectivity index (χ1n) is 7.80. The van der Waals surface area contributed by atoms with Crippen molar-refractivity contribution in [2.45, 2.75) is 51.4 Å². The molecule has 0 aromatic rings. The highest BCUT2D eigenvalue weighted by atomic mass is 127. The first kappa shape index (κ1) is 20.3. The average Bonchev–Trinajstić information content (AvgIpc) is 2.94. The van der Waals surface area contributed by atoms with Gasteiger partial charge in [-0.2, -0.15) is 11.8 Å². The third-order valence-electron chi connectivity index (χ3n) is 3.85. The zero-order valence-electron chi connectivity index (χ0n) is 13.1. The van der Waals surface area contributed by atoms with Gasteiger partial charge in [0, 0.05) is 20.1 Å². The summed E-state index contributed by atoms with van der Waals surface area (Å²) in [5, 5.41) is 6.80. The van der Waals surface area contributed by atoms with E-state index in [2.05, 4.69) is 21.9 Å². The van der Waals surface area contributed by atoms with Gasteiger partial charge >= 0.3 is 0 Å². The summed E-state index contributed by atoms with van der Waals surface area (Å²) in [5.74, 6) is 3.23. The van der Waals surface area contributed by atoms with Crippen LogP contribution < -0.4 is 10.6 Å². The summed E-state index contributed by atoms with van der Waals surface area (Å²) in [6.07, 6.45) is 13.2. The number of nitrogens with one attached hydrogen (secondary N) is 2. The normalized spacial score (nSPS) is 16.0. The third-order valence-corrected chi connectivity index (χ3v) is 4.54. The molecule has 0 radical (unpaired) electrons. The predicted octanol–water partition coefficient (Wildman–Crippen LogP) is 3.88. The molecular formula is C15H32IN3S. The fourth-order valence-corrected chi connectivity index (χ4v) is 3.19. The van der Waals surface area contributed by atoms with Crippen molar-refractivity contribution in [2.24, 2.45) is 10.9 Å². The second-order valence-electron chi connectivity index (χ2n) is 5.42. The highest BCUT2D eigenvalue weighted by Crippen LogP contribution is 2.28. The number of rotatable bonds is 9. The van der Waals surface area contributed by atoms with Crippen LogP contribution in [0, 0.1) is 5.92 Å². The second-order valence-corrected chi connectivity index (χ2v) is 6.40. The molecule has 0 atom stereocenters. The molecule has 0 aromatic carbocycles. The summed E-state index contributed by atoms with van der Waals surface area (Å²) < 4.78 is 0. The molecule has 5 heteroatoms. The van der Waals surface area contributed by atoms with Gasteiger partial charge in [0.1, 0.15) is 0 Å². The Morgan fingerprint density at radius 2 is 1.75 bits per heavy atom. The number of halogens is 1. The molecule has 3 nitrogen and oxygen atoms in total. The quantitative estimate of drug-likeness (QED) is 0.261. The molecule has 0 saturated heterocycles. The third kappa shape index (κ3) is 10.1. The molecule has 0 spiro atoms. The molecule has 1 aliphatic rings. The zero-order valence-corrected chi connectivity index (χ0v) is 16.3. The van der Waals surface area contributed by atoms with Gasteiger partial charge < -0.3 is 10.6 Å². The van der Waals surface area contributed by atoms with Crippen molar-refractivity contribution < 1.29 is 0 Å². The molecule has 0 aromatic heterocycles. The molecule has 0 amide bonds. The minimum Gasteiger partial charge on any atom is -0.356 e. The fourth-order valence-electron chi connectivity index (χ4n) is 2.70. The van der Waals surface area contributed by atoms with E-state index in [0.717, 1.165) is 25.0 Å². The van der Waals surface area contributed by atoms with Gasteiger partial charge in [-0.1, -0.05) is 25.7 Å². The van der Waals surface area contributed by atoms with E-state index < -0.39 is 0 Å². The maximum atomic E-state index is 4.26. The van der Waals surface area contributed by atoms with Crippen LogP contribution in [0.5, 0.6) is 0 Å². The van der Waals surface area contributed by atoms with Crippen LogP contribution in [0.2, 0.25) is 0 Å². The number of hydrogen-bond donors (Lipinski definition) is 2. The van der Waals surface area contributed by atoms with Crippen molar-refractivity contribution in [3.05, 3.63) is 0 Å². The predicted molar refractivity (Wildman–Crippen MR) is 104 cm³/mol. The lowest BCUT2D eigenvalue weighted by molar-refractivity contribution is 0.481. The van der Waals surface area contributed by atoms with Crippen LogP contribution in [0.4, 0.5) is 0 Å². The van der Waals surface area contributed by atoms with Crippen molar-refractivity contribution in [2.75, 3.05) is 32.1 Å². The lowest BCUT2D eigenvalue weighted by Crippen LogP contribution is -2.38. The van der Waals surface area contributed by atoms with E-state index in [9.17, 15) is 0 Å². The van der Waals surface area contributed by atoms with E-state index in [4.69, 9.17) is 0 Å². The summed E-state index contributed by atoms with van der Waals surface area (Å²) in [5.41, 5.74) is 0. The Bertz CT molecular complexity index is 243. The smallest absolute Gasteiger partial charge is 0.190 e. The van der Waals surface area contributed by atoms with Gasteiger partial charge in [0.25, 0.3) is 0 Å². The molecule has 0 unspecified atom stereocenters. The fraction of sp³-hybridized carbons (Fsp3) is 0.933. The van der Waals surface area contributed by atoms with Crippen molar-refractivity contribution in [1.82, 2.24) is 10.6 Å². The Morgan fingerprint density at radius 1 is 1.10 bits per heavy atom. The van der Waals surface area contributed by atoms with E-state index in [1.165, 1.54) is 57.1 Å². The number of nitrogens with zero attached hydrogens (tertiary/aromatic N) is 1. The van der Waals surface area contributed by atoms with Crippen LogP contribution in [0.15, 0.2) is 4.99 Å². The highest BCUT2D eigenvalue weighted by Gasteiger charge is 2.13. The maximum Gasteiger partial charge on any atom is 0.190 e. The molecule has 0 heterocycles. The average molecular weight is 413 g/mol. The van der Waals surface area contributed by atoms with Gasteiger partial charge in [-0.3, -0.25) is 4.99 Å². The van der Waals surface area contributed by atoms with Crippen LogP contribution in [0.3, 0.4) is 0 Å². The van der Waals surface area contributed by atoms with Crippen LogP contribution in [-0.2, 0) is 0 Å². The summed E-state index contributed by atoms with van der Waals surface area (Å²) in [6, 6.07) is 0. The SMILES string of the molecule is CN=C(NCCCCSC)NCCCC1CCCC1.I. The molecule has 1 aliphatic carbocycles. The molecule has 2 N–H and O–H groups in total. The first-order valence-corrected chi connectivity index (χ1v) is 9.19. The molecule has 0 aliphatic heterocycles. The van der Waals surface area contributed by atoms with Crippen molar-refractivity contribution in [1.29, 1.82) is 0 Å². The van der Waals surface area contributed by atoms with Crippen LogP contribution in [-0.4, -0.2) is 38.1 Å². The van der Waals surface area contributed by atoms with Crippen LogP contribution in [0.1, 0.15) is 51.4 Å². The Morgan fingerprint density at radius 3 is 2.35 bits per heavy atom. The molecule has 20 heavy (non-hydrogen) atoms. The van der Waals surface area contributed by atoms with E-state index >= 15 is 0 Å². The Kier molecular flexibility index (Phi) is 14.5. The lowest BCUT2D eigenvalue weighted by atomic mass is 10.0. The maximum absolute atomic E-state index is 4.26. The largest absolute Gasteiger partial charge is 0.356 e. The molecule has 120 valence electrons. The number of unbranched alkanes of at least 4 members (excludes halogenated alkanes) is 1. The number of thioether (sulfide) groups is 1. The standard InChI is InChI=1S/C15H31N3S.HI/c1-16-15(17-11-5-6-13-19-2)18-12-7-10-14-8-3-4-9-14;/h14H,3-13H2,1-2H3,(H2,16,17,18);1H. The van der Waals surface area contributed by atoms with Gasteiger partial charge in [-0.15, -0.1) is 24.0 Å². The summed E-state index contributed by atoms with van der Waals surface area (Å²) in [7, 11) is 1.86. The van der Waals surface area contributed by atoms with Crippen LogP contribution in [0.25, 0.3) is 0 Å². The van der Waals surface area contributed by atoms with E-state index in [0.29, 0.717) is 0 Å². The Hall–Kier alpha value is 0.350. The van der Waals surface area contributed by atoms with E-state index in [1.807, 2.05) is 18.8 Å². The van der Waals surface area contributed by atoms with Crippen LogP contribution >= 0.6 is 35.7 Å². The van der Waals surface area contributed by atoms with Crippen molar-refractivity contribution >= 4 is 41.7 Å². The van der Waals surface area contributed by atoms with Gasteiger partial charge in [-0.25, -0.2) is 0 Å². The summed E-state index contributed by atoms with van der Waals surface area (Å²) in [4.78, 5) is 4.26. The van der Waals surface area contributed by atoms with Crippen molar-refractivity contribution in [3.63, 3.8) is 0 Å². The minimum atomic E-state index is 0. The molecule has 0 bridgehead atoms. The molecule has 1 saturated carbocycles. The zero-order chi connectivity index (χ0) is 13.8. The second kappa shape index (κ2) is 14.3. The monoisotopic (exact) mass is 413 g/mol. The number of hydrogen-bond acceptors (Lipinski definition) is 2. The van der Waals surface area contributed by atoms with E-state index in [-0.39, 0.29) is 24.0 Å². The van der Waals surface area contributed by atoms with Gasteiger partial charge in [0.2, 0.25) is 0 Å². The topological polar surface area (TPSA) is 36.4 Å². The Balaban J connectivity index is 0.00000361. The Labute approximate surface area is 146 Å².